The highest BCUT2D eigenvalue weighted by Crippen LogP contribution is 2.16. The molecule has 0 aromatic heterocycles. The Kier molecular flexibility index (Phi) is 7.11. The van der Waals surface area contributed by atoms with Gasteiger partial charge in [0, 0.05) is 28.3 Å². The molecule has 0 saturated heterocycles. The maximum atomic E-state index is 11.4. The Balaban J connectivity index is 2.42. The van der Waals surface area contributed by atoms with Gasteiger partial charge in [-0.15, -0.1) is 0 Å². The summed E-state index contributed by atoms with van der Waals surface area (Å²) in [5.41, 5.74) is 0.657. The second kappa shape index (κ2) is 8.64. The van der Waals surface area contributed by atoms with Crippen molar-refractivity contribution in [3.05, 3.63) is 24.3 Å². The summed E-state index contributed by atoms with van der Waals surface area (Å²) in [7, 11) is 0. The van der Waals surface area contributed by atoms with E-state index in [1.807, 2.05) is 34.7 Å². The normalized spacial score (nSPS) is 9.47. The minimum Gasteiger partial charge on any atom is -0.493 e. The summed E-state index contributed by atoms with van der Waals surface area (Å²) in [5.74, 6) is 3.89. The molecule has 0 saturated carbocycles. The molecular weight excluding hydrogens is 357 g/mol. The van der Waals surface area contributed by atoms with Gasteiger partial charge >= 0.3 is 6.09 Å². The minimum absolute atomic E-state index is 0.0877. The third-order valence-corrected chi connectivity index (χ3v) is 2.41. The van der Waals surface area contributed by atoms with Gasteiger partial charge in [-0.3, -0.25) is 5.32 Å². The molecular formula is C14H16INO3. The van der Waals surface area contributed by atoms with E-state index in [9.17, 15) is 4.79 Å². The second-order valence-electron chi connectivity index (χ2n) is 4.20. The van der Waals surface area contributed by atoms with E-state index in [-0.39, 0.29) is 6.61 Å². The van der Waals surface area contributed by atoms with E-state index in [0.29, 0.717) is 18.2 Å². The first-order valence-corrected chi connectivity index (χ1v) is 6.95. The molecule has 1 N–H and O–H groups in total. The second-order valence-corrected chi connectivity index (χ2v) is 4.74. The Morgan fingerprint density at radius 3 is 2.63 bits per heavy atom. The van der Waals surface area contributed by atoms with Gasteiger partial charge in [0.2, 0.25) is 0 Å². The highest BCUT2D eigenvalue weighted by atomic mass is 127. The number of nitrogens with one attached hydrogen (secondary N) is 1. The van der Waals surface area contributed by atoms with Gasteiger partial charge in [-0.05, 0) is 34.1 Å². The van der Waals surface area contributed by atoms with Gasteiger partial charge in [0.15, 0.2) is 6.61 Å². The predicted molar refractivity (Wildman–Crippen MR) is 83.5 cm³/mol. The first-order valence-electron chi connectivity index (χ1n) is 5.87. The van der Waals surface area contributed by atoms with E-state index in [1.54, 1.807) is 12.1 Å². The standard InChI is InChI=1S/C14H16INO3/c1-11(2)10-19-13-6-4-12(5-7-13)16-14(17)18-9-3-8-15/h4-7,11H,9-10H2,1-2H3,(H,16,17). The van der Waals surface area contributed by atoms with Crippen LogP contribution < -0.4 is 10.1 Å². The number of benzene rings is 1. The van der Waals surface area contributed by atoms with Crippen molar-refractivity contribution in [2.24, 2.45) is 5.92 Å². The van der Waals surface area contributed by atoms with Crippen molar-refractivity contribution >= 4 is 34.4 Å². The van der Waals surface area contributed by atoms with Gasteiger partial charge in [0.05, 0.1) is 6.61 Å². The number of hydrogen-bond donors (Lipinski definition) is 1. The van der Waals surface area contributed by atoms with E-state index in [4.69, 9.17) is 9.47 Å². The van der Waals surface area contributed by atoms with E-state index in [2.05, 4.69) is 29.0 Å². The van der Waals surface area contributed by atoms with Crippen molar-refractivity contribution in [2.75, 3.05) is 18.5 Å². The predicted octanol–water partition coefficient (Wildman–Crippen LogP) is 3.67. The molecule has 0 aliphatic rings. The zero-order chi connectivity index (χ0) is 14.1. The van der Waals surface area contributed by atoms with Crippen LogP contribution in [0.4, 0.5) is 10.5 Å². The molecule has 0 radical (unpaired) electrons. The summed E-state index contributed by atoms with van der Waals surface area (Å²) in [5, 5.41) is 2.61. The Morgan fingerprint density at radius 1 is 1.37 bits per heavy atom. The molecule has 102 valence electrons. The summed E-state index contributed by atoms with van der Waals surface area (Å²) >= 11 is 1.89. The van der Waals surface area contributed by atoms with Gasteiger partial charge in [-0.2, -0.15) is 0 Å². The summed E-state index contributed by atoms with van der Waals surface area (Å²) < 4.78 is 13.0. The van der Waals surface area contributed by atoms with Crippen LogP contribution in [0.2, 0.25) is 0 Å². The van der Waals surface area contributed by atoms with Crippen LogP contribution >= 0.6 is 22.6 Å². The molecule has 1 rings (SSSR count). The average Bonchev–Trinajstić information content (AvgIpc) is 2.38. The third-order valence-electron chi connectivity index (χ3n) is 2.03. The van der Waals surface area contributed by atoms with E-state index >= 15 is 0 Å². The van der Waals surface area contributed by atoms with Crippen LogP contribution in [0.15, 0.2) is 24.3 Å². The lowest BCUT2D eigenvalue weighted by atomic mass is 10.2. The summed E-state index contributed by atoms with van der Waals surface area (Å²) in [6.45, 7) is 4.93. The molecule has 4 nitrogen and oxygen atoms in total. The van der Waals surface area contributed by atoms with Crippen LogP contribution in [-0.2, 0) is 4.74 Å². The molecule has 0 aliphatic heterocycles. The molecule has 0 unspecified atom stereocenters. The lowest BCUT2D eigenvalue weighted by molar-refractivity contribution is 0.176. The molecule has 0 bridgehead atoms. The van der Waals surface area contributed by atoms with Crippen LogP contribution in [-0.4, -0.2) is 19.3 Å². The summed E-state index contributed by atoms with van der Waals surface area (Å²) in [4.78, 5) is 11.4. The molecule has 5 heteroatoms. The fourth-order valence-electron chi connectivity index (χ4n) is 1.18. The van der Waals surface area contributed by atoms with E-state index in [0.717, 1.165) is 5.75 Å². The Labute approximate surface area is 127 Å². The number of halogens is 1. The summed E-state index contributed by atoms with van der Waals surface area (Å²) in [6, 6.07) is 7.15. The van der Waals surface area contributed by atoms with Crippen molar-refractivity contribution in [1.29, 1.82) is 0 Å². The minimum atomic E-state index is -0.519. The maximum Gasteiger partial charge on any atom is 0.412 e. The Hall–Kier alpha value is -1.42. The van der Waals surface area contributed by atoms with Gasteiger partial charge in [0.1, 0.15) is 5.75 Å². The van der Waals surface area contributed by atoms with E-state index in [1.165, 1.54) is 0 Å². The van der Waals surface area contributed by atoms with Gasteiger partial charge < -0.3 is 9.47 Å². The number of carbonyl (C=O) groups excluding carboxylic acids is 1. The molecule has 19 heavy (non-hydrogen) atoms. The lowest BCUT2D eigenvalue weighted by Crippen LogP contribution is -2.13. The molecule has 1 amide bonds. The molecule has 0 atom stereocenters. The zero-order valence-corrected chi connectivity index (χ0v) is 13.1. The SMILES string of the molecule is CC(C)COc1ccc(NC(=O)OCC#CI)cc1. The van der Waals surface area contributed by atoms with Crippen molar-refractivity contribution < 1.29 is 14.3 Å². The van der Waals surface area contributed by atoms with Crippen LogP contribution in [0.5, 0.6) is 5.75 Å². The van der Waals surface area contributed by atoms with E-state index < -0.39 is 6.09 Å². The van der Waals surface area contributed by atoms with Crippen LogP contribution in [0.3, 0.4) is 0 Å². The number of hydrogen-bond acceptors (Lipinski definition) is 3. The molecule has 0 fully saturated rings. The number of anilines is 1. The zero-order valence-electron chi connectivity index (χ0n) is 10.9. The van der Waals surface area contributed by atoms with Crippen molar-refractivity contribution in [1.82, 2.24) is 0 Å². The number of ether oxygens (including phenoxy) is 2. The summed E-state index contributed by atoms with van der Waals surface area (Å²) in [6.07, 6.45) is -0.519. The highest BCUT2D eigenvalue weighted by molar-refractivity contribution is 14.1. The Morgan fingerprint density at radius 2 is 2.05 bits per heavy atom. The highest BCUT2D eigenvalue weighted by Gasteiger charge is 2.02. The number of amides is 1. The quantitative estimate of drug-likeness (QED) is 0.633. The van der Waals surface area contributed by atoms with Crippen molar-refractivity contribution in [2.45, 2.75) is 13.8 Å². The van der Waals surface area contributed by atoms with Crippen LogP contribution in [0.1, 0.15) is 13.8 Å². The van der Waals surface area contributed by atoms with Crippen molar-refractivity contribution in [3.63, 3.8) is 0 Å². The first kappa shape index (κ1) is 15.6. The van der Waals surface area contributed by atoms with Gasteiger partial charge in [-0.1, -0.05) is 19.8 Å². The molecule has 0 aliphatic carbocycles. The Bertz CT molecular complexity index is 460. The molecule has 0 spiro atoms. The molecule has 1 aromatic rings. The van der Waals surface area contributed by atoms with Crippen LogP contribution in [0, 0.1) is 15.8 Å². The lowest BCUT2D eigenvalue weighted by Gasteiger charge is -2.09. The fourth-order valence-corrected chi connectivity index (χ4v) is 1.34. The topological polar surface area (TPSA) is 47.6 Å². The van der Waals surface area contributed by atoms with Gasteiger partial charge in [0.25, 0.3) is 0 Å². The largest absolute Gasteiger partial charge is 0.493 e. The van der Waals surface area contributed by atoms with Crippen molar-refractivity contribution in [3.8, 4) is 15.6 Å². The smallest absolute Gasteiger partial charge is 0.412 e. The first-order chi connectivity index (χ1) is 9.11. The monoisotopic (exact) mass is 373 g/mol. The molecule has 0 heterocycles. The average molecular weight is 373 g/mol. The number of rotatable bonds is 5. The fraction of sp³-hybridized carbons (Fsp3) is 0.357. The molecule has 1 aromatic carbocycles. The maximum absolute atomic E-state index is 11.4. The number of carbonyl (C=O) groups is 1. The van der Waals surface area contributed by atoms with Crippen LogP contribution in [0.25, 0.3) is 0 Å². The third kappa shape index (κ3) is 6.91. The van der Waals surface area contributed by atoms with Gasteiger partial charge in [-0.25, -0.2) is 4.79 Å².